The Morgan fingerprint density at radius 2 is 2.11 bits per heavy atom. The van der Waals surface area contributed by atoms with Crippen LogP contribution in [0.4, 0.5) is 5.82 Å². The van der Waals surface area contributed by atoms with Gasteiger partial charge in [0.1, 0.15) is 12.1 Å². The Morgan fingerprint density at radius 3 is 2.96 bits per heavy atom. The standard InChI is InChI=1S/C20H24N6O/c1-2-17-12-18(26-20(24-17)22-14-23-26)21-10-5-8-19(27)25-11-9-15-6-3-4-7-16(15)13-25/h3-4,6-7,12,14,21H,2,5,8-11,13H2,1H3. The van der Waals surface area contributed by atoms with Crippen LogP contribution >= 0.6 is 0 Å². The highest BCUT2D eigenvalue weighted by Crippen LogP contribution is 2.19. The molecule has 0 atom stereocenters. The van der Waals surface area contributed by atoms with Gasteiger partial charge in [-0.1, -0.05) is 31.2 Å². The van der Waals surface area contributed by atoms with Gasteiger partial charge in [0, 0.05) is 37.8 Å². The van der Waals surface area contributed by atoms with Gasteiger partial charge in [-0.25, -0.2) is 4.98 Å². The molecule has 0 saturated carbocycles. The first-order valence-corrected chi connectivity index (χ1v) is 9.52. The van der Waals surface area contributed by atoms with E-state index in [0.717, 1.165) is 43.9 Å². The maximum Gasteiger partial charge on any atom is 0.254 e. The lowest BCUT2D eigenvalue weighted by molar-refractivity contribution is -0.132. The monoisotopic (exact) mass is 364 g/mol. The van der Waals surface area contributed by atoms with Gasteiger partial charge < -0.3 is 10.2 Å². The molecule has 3 heterocycles. The van der Waals surface area contributed by atoms with Gasteiger partial charge in [0.15, 0.2) is 0 Å². The molecule has 0 fully saturated rings. The Kier molecular flexibility index (Phi) is 5.00. The second-order valence-electron chi connectivity index (χ2n) is 6.82. The minimum atomic E-state index is 0.223. The first kappa shape index (κ1) is 17.5. The molecule has 2 aromatic heterocycles. The summed E-state index contributed by atoms with van der Waals surface area (Å²) in [7, 11) is 0. The Bertz CT molecular complexity index is 951. The van der Waals surface area contributed by atoms with Crippen molar-refractivity contribution in [2.75, 3.05) is 18.4 Å². The number of benzene rings is 1. The lowest BCUT2D eigenvalue weighted by Crippen LogP contribution is -2.36. The summed E-state index contributed by atoms with van der Waals surface area (Å²) in [5.41, 5.74) is 3.61. The van der Waals surface area contributed by atoms with E-state index in [4.69, 9.17) is 0 Å². The topological polar surface area (TPSA) is 75.4 Å². The Hall–Kier alpha value is -2.96. The summed E-state index contributed by atoms with van der Waals surface area (Å²) in [4.78, 5) is 23.1. The molecule has 3 aromatic rings. The van der Waals surface area contributed by atoms with Crippen LogP contribution in [-0.4, -0.2) is 43.5 Å². The largest absolute Gasteiger partial charge is 0.370 e. The highest BCUT2D eigenvalue weighted by molar-refractivity contribution is 5.76. The van der Waals surface area contributed by atoms with Crippen LogP contribution in [-0.2, 0) is 24.2 Å². The van der Waals surface area contributed by atoms with Crippen LogP contribution in [0.25, 0.3) is 5.78 Å². The summed E-state index contributed by atoms with van der Waals surface area (Å²) in [6, 6.07) is 10.4. The molecule has 4 rings (SSSR count). The second kappa shape index (κ2) is 7.73. The van der Waals surface area contributed by atoms with Crippen molar-refractivity contribution in [1.82, 2.24) is 24.5 Å². The van der Waals surface area contributed by atoms with Crippen molar-refractivity contribution < 1.29 is 4.79 Å². The first-order valence-electron chi connectivity index (χ1n) is 9.52. The summed E-state index contributed by atoms with van der Waals surface area (Å²) >= 11 is 0. The van der Waals surface area contributed by atoms with E-state index >= 15 is 0 Å². The molecule has 1 amide bonds. The Balaban J connectivity index is 1.31. The molecule has 0 spiro atoms. The van der Waals surface area contributed by atoms with E-state index in [0.29, 0.717) is 18.7 Å². The van der Waals surface area contributed by atoms with Crippen LogP contribution in [0.1, 0.15) is 36.6 Å². The number of carbonyl (C=O) groups excluding carboxylic acids is 1. The van der Waals surface area contributed by atoms with Crippen molar-refractivity contribution in [3.8, 4) is 0 Å². The molecule has 0 unspecified atom stereocenters. The van der Waals surface area contributed by atoms with Gasteiger partial charge in [0.2, 0.25) is 5.91 Å². The minimum absolute atomic E-state index is 0.223. The number of carbonyl (C=O) groups is 1. The lowest BCUT2D eigenvalue weighted by atomic mass is 9.99. The predicted octanol–water partition coefficient (Wildman–Crippen LogP) is 2.46. The van der Waals surface area contributed by atoms with E-state index in [1.54, 1.807) is 4.52 Å². The SMILES string of the molecule is CCc1cc(NCCCC(=O)N2CCc3ccccc3C2)n2ncnc2n1. The number of aromatic nitrogens is 4. The summed E-state index contributed by atoms with van der Waals surface area (Å²) in [6.45, 7) is 4.31. The van der Waals surface area contributed by atoms with Crippen LogP contribution in [0.3, 0.4) is 0 Å². The number of aryl methyl sites for hydroxylation is 1. The van der Waals surface area contributed by atoms with Gasteiger partial charge in [-0.2, -0.15) is 14.6 Å². The quantitative estimate of drug-likeness (QED) is 0.680. The summed E-state index contributed by atoms with van der Waals surface area (Å²) in [5, 5.41) is 7.58. The van der Waals surface area contributed by atoms with Crippen LogP contribution in [0.5, 0.6) is 0 Å². The van der Waals surface area contributed by atoms with Crippen molar-refractivity contribution in [3.05, 3.63) is 53.5 Å². The summed E-state index contributed by atoms with van der Waals surface area (Å²) in [5.74, 6) is 1.69. The van der Waals surface area contributed by atoms with Gasteiger partial charge >= 0.3 is 0 Å². The molecular formula is C20H24N6O. The third-order valence-electron chi connectivity index (χ3n) is 5.02. The number of hydrogen-bond acceptors (Lipinski definition) is 5. The van der Waals surface area contributed by atoms with Crippen LogP contribution < -0.4 is 5.32 Å². The maximum atomic E-state index is 12.6. The fourth-order valence-corrected chi connectivity index (χ4v) is 3.49. The minimum Gasteiger partial charge on any atom is -0.370 e. The first-order chi connectivity index (χ1) is 13.2. The number of nitrogens with one attached hydrogen (secondary N) is 1. The molecular weight excluding hydrogens is 340 g/mol. The van der Waals surface area contributed by atoms with Crippen molar-refractivity contribution >= 4 is 17.5 Å². The zero-order chi connectivity index (χ0) is 18.6. The van der Waals surface area contributed by atoms with E-state index in [1.807, 2.05) is 17.0 Å². The van der Waals surface area contributed by atoms with E-state index in [9.17, 15) is 4.79 Å². The number of rotatable bonds is 6. The lowest BCUT2D eigenvalue weighted by Gasteiger charge is -2.29. The number of hydrogen-bond donors (Lipinski definition) is 1. The third kappa shape index (κ3) is 3.77. The van der Waals surface area contributed by atoms with Crippen LogP contribution in [0, 0.1) is 0 Å². The Labute approximate surface area is 158 Å². The highest BCUT2D eigenvalue weighted by atomic mass is 16.2. The van der Waals surface area contributed by atoms with Crippen molar-refractivity contribution in [2.24, 2.45) is 0 Å². The van der Waals surface area contributed by atoms with E-state index < -0.39 is 0 Å². The normalized spacial score (nSPS) is 13.6. The molecule has 1 aliphatic rings. The molecule has 140 valence electrons. The van der Waals surface area contributed by atoms with E-state index in [-0.39, 0.29) is 5.91 Å². The highest BCUT2D eigenvalue weighted by Gasteiger charge is 2.19. The number of amides is 1. The van der Waals surface area contributed by atoms with Gasteiger partial charge in [-0.05, 0) is 30.4 Å². The zero-order valence-corrected chi connectivity index (χ0v) is 15.6. The third-order valence-corrected chi connectivity index (χ3v) is 5.02. The maximum absolute atomic E-state index is 12.6. The smallest absolute Gasteiger partial charge is 0.254 e. The van der Waals surface area contributed by atoms with Gasteiger partial charge in [0.25, 0.3) is 5.78 Å². The molecule has 0 saturated heterocycles. The van der Waals surface area contributed by atoms with Crippen molar-refractivity contribution in [1.29, 1.82) is 0 Å². The molecule has 0 bridgehead atoms. The van der Waals surface area contributed by atoms with Crippen molar-refractivity contribution in [2.45, 2.75) is 39.2 Å². The Morgan fingerprint density at radius 1 is 1.26 bits per heavy atom. The molecule has 7 nitrogen and oxygen atoms in total. The molecule has 1 aromatic carbocycles. The number of nitrogens with zero attached hydrogens (tertiary/aromatic N) is 5. The summed E-state index contributed by atoms with van der Waals surface area (Å²) in [6.07, 6.45) is 4.61. The molecule has 27 heavy (non-hydrogen) atoms. The average Bonchev–Trinajstić information content (AvgIpc) is 3.19. The molecule has 7 heteroatoms. The molecule has 0 radical (unpaired) electrons. The summed E-state index contributed by atoms with van der Waals surface area (Å²) < 4.78 is 1.70. The molecule has 1 aliphatic heterocycles. The van der Waals surface area contributed by atoms with Crippen LogP contribution in [0.2, 0.25) is 0 Å². The predicted molar refractivity (Wildman–Crippen MR) is 103 cm³/mol. The number of fused-ring (bicyclic) bond motifs is 2. The van der Waals surface area contributed by atoms with E-state index in [2.05, 4.69) is 45.5 Å². The number of anilines is 1. The van der Waals surface area contributed by atoms with Gasteiger partial charge in [0.05, 0.1) is 0 Å². The van der Waals surface area contributed by atoms with Crippen LogP contribution in [0.15, 0.2) is 36.7 Å². The fourth-order valence-electron chi connectivity index (χ4n) is 3.49. The van der Waals surface area contributed by atoms with E-state index in [1.165, 1.54) is 17.5 Å². The van der Waals surface area contributed by atoms with Gasteiger partial charge in [-0.3, -0.25) is 4.79 Å². The fraction of sp³-hybridized carbons (Fsp3) is 0.400. The van der Waals surface area contributed by atoms with Crippen molar-refractivity contribution in [3.63, 3.8) is 0 Å². The molecule has 0 aliphatic carbocycles. The average molecular weight is 364 g/mol. The molecule has 1 N–H and O–H groups in total. The van der Waals surface area contributed by atoms with Gasteiger partial charge in [-0.15, -0.1) is 0 Å². The second-order valence-corrected chi connectivity index (χ2v) is 6.82. The zero-order valence-electron chi connectivity index (χ0n) is 15.6.